The number of hydrogen-bond donors (Lipinski definition) is 3. The smallest absolute Gasteiger partial charge is 0.305 e. The van der Waals surface area contributed by atoms with E-state index in [2.05, 4.69) is 31.3 Å². The van der Waals surface area contributed by atoms with Crippen molar-refractivity contribution in [3.63, 3.8) is 0 Å². The molecular weight excluding hydrogens is 1030 g/mol. The first-order chi connectivity index (χ1) is 41.5. The van der Waals surface area contributed by atoms with Crippen molar-refractivity contribution in [1.29, 1.82) is 0 Å². The van der Waals surface area contributed by atoms with Crippen LogP contribution in [0.1, 0.15) is 450 Å². The van der Waals surface area contributed by atoms with Gasteiger partial charge < -0.3 is 20.3 Å². The summed E-state index contributed by atoms with van der Waals surface area (Å²) in [6, 6.07) is -0.543. The largest absolute Gasteiger partial charge is 0.466 e. The highest BCUT2D eigenvalue weighted by molar-refractivity contribution is 5.76. The Hall–Kier alpha value is -1.40. The first kappa shape index (κ1) is 82.6. The number of allylic oxidation sites excluding steroid dienone is 2. The van der Waals surface area contributed by atoms with Crippen LogP contribution in [0.2, 0.25) is 0 Å². The monoisotopic (exact) mass is 1180 g/mol. The Bertz CT molecular complexity index is 1270. The second kappa shape index (κ2) is 74.1. The molecule has 0 saturated heterocycles. The molecule has 0 radical (unpaired) electrons. The summed E-state index contributed by atoms with van der Waals surface area (Å²) in [6.45, 7) is 5.01. The van der Waals surface area contributed by atoms with E-state index in [1.165, 1.54) is 379 Å². The first-order valence-corrected chi connectivity index (χ1v) is 38.9. The summed E-state index contributed by atoms with van der Waals surface area (Å²) in [5, 5.41) is 23.5. The van der Waals surface area contributed by atoms with Crippen LogP contribution >= 0.6 is 0 Å². The van der Waals surface area contributed by atoms with Gasteiger partial charge in [-0.05, 0) is 51.4 Å². The molecule has 500 valence electrons. The molecule has 0 aliphatic rings. The van der Waals surface area contributed by atoms with E-state index < -0.39 is 12.1 Å². The number of aliphatic hydroxyl groups is 2. The molecule has 0 aromatic carbocycles. The van der Waals surface area contributed by atoms with Crippen molar-refractivity contribution in [3.05, 3.63) is 12.2 Å². The van der Waals surface area contributed by atoms with Gasteiger partial charge in [0.15, 0.2) is 0 Å². The molecule has 0 saturated carbocycles. The van der Waals surface area contributed by atoms with Gasteiger partial charge in [-0.25, -0.2) is 0 Å². The summed E-state index contributed by atoms with van der Waals surface area (Å²) in [6.07, 6.45) is 92.9. The van der Waals surface area contributed by atoms with E-state index in [1.807, 2.05) is 0 Å². The Morgan fingerprint density at radius 2 is 0.560 bits per heavy atom. The van der Waals surface area contributed by atoms with Gasteiger partial charge >= 0.3 is 5.97 Å². The van der Waals surface area contributed by atoms with Crippen LogP contribution in [-0.2, 0) is 14.3 Å². The summed E-state index contributed by atoms with van der Waals surface area (Å²) >= 11 is 0. The number of ether oxygens (including phenoxy) is 1. The third kappa shape index (κ3) is 69.7. The van der Waals surface area contributed by atoms with Crippen LogP contribution < -0.4 is 5.32 Å². The number of rotatable bonds is 74. The van der Waals surface area contributed by atoms with Crippen molar-refractivity contribution in [2.75, 3.05) is 13.2 Å². The van der Waals surface area contributed by atoms with E-state index >= 15 is 0 Å². The molecule has 0 spiro atoms. The Morgan fingerprint density at radius 1 is 0.321 bits per heavy atom. The van der Waals surface area contributed by atoms with Gasteiger partial charge in [-0.15, -0.1) is 0 Å². The van der Waals surface area contributed by atoms with Gasteiger partial charge in [-0.2, -0.15) is 0 Å². The molecule has 0 aromatic rings. The van der Waals surface area contributed by atoms with E-state index in [0.717, 1.165) is 38.5 Å². The van der Waals surface area contributed by atoms with Crippen LogP contribution in [0.15, 0.2) is 12.2 Å². The van der Waals surface area contributed by atoms with E-state index in [4.69, 9.17) is 4.74 Å². The molecule has 0 fully saturated rings. The highest BCUT2D eigenvalue weighted by Gasteiger charge is 2.20. The number of carbonyl (C=O) groups excluding carboxylic acids is 2. The Kier molecular flexibility index (Phi) is 72.8. The number of esters is 1. The summed E-state index contributed by atoms with van der Waals surface area (Å²) < 4.78 is 5.51. The number of unbranched alkanes of at least 4 members (excludes halogenated alkanes) is 61. The van der Waals surface area contributed by atoms with Gasteiger partial charge in [0.05, 0.1) is 25.4 Å². The predicted octanol–water partition coefficient (Wildman–Crippen LogP) is 25.5. The third-order valence-electron chi connectivity index (χ3n) is 18.6. The summed E-state index contributed by atoms with van der Waals surface area (Å²) in [7, 11) is 0. The molecule has 0 aromatic heterocycles. The normalized spacial score (nSPS) is 12.5. The van der Waals surface area contributed by atoms with E-state index in [-0.39, 0.29) is 18.5 Å². The van der Waals surface area contributed by atoms with Crippen LogP contribution in [0, 0.1) is 0 Å². The van der Waals surface area contributed by atoms with Gasteiger partial charge in [0.2, 0.25) is 5.91 Å². The zero-order valence-electron chi connectivity index (χ0n) is 57.4. The minimum Gasteiger partial charge on any atom is -0.466 e. The zero-order chi connectivity index (χ0) is 60.6. The molecule has 6 heteroatoms. The Labute approximate surface area is 527 Å². The molecule has 3 N–H and O–H groups in total. The molecule has 84 heavy (non-hydrogen) atoms. The van der Waals surface area contributed by atoms with E-state index in [1.54, 1.807) is 0 Å². The van der Waals surface area contributed by atoms with Gasteiger partial charge in [0, 0.05) is 12.8 Å². The van der Waals surface area contributed by atoms with Crippen molar-refractivity contribution in [2.45, 2.75) is 463 Å². The van der Waals surface area contributed by atoms with Crippen LogP contribution in [0.5, 0.6) is 0 Å². The number of nitrogens with one attached hydrogen (secondary N) is 1. The first-order valence-electron chi connectivity index (χ1n) is 38.9. The fourth-order valence-corrected chi connectivity index (χ4v) is 12.6. The molecule has 6 nitrogen and oxygen atoms in total. The van der Waals surface area contributed by atoms with Crippen molar-refractivity contribution < 1.29 is 24.5 Å². The molecule has 1 amide bonds. The van der Waals surface area contributed by atoms with Crippen LogP contribution in [0.3, 0.4) is 0 Å². The summed E-state index contributed by atoms with van der Waals surface area (Å²) in [5.74, 6) is -0.00921. The maximum absolute atomic E-state index is 12.6. The van der Waals surface area contributed by atoms with Crippen LogP contribution in [0.4, 0.5) is 0 Å². The topological polar surface area (TPSA) is 95.9 Å². The van der Waals surface area contributed by atoms with Gasteiger partial charge in [0.25, 0.3) is 0 Å². The lowest BCUT2D eigenvalue weighted by Crippen LogP contribution is -2.45. The highest BCUT2D eigenvalue weighted by atomic mass is 16.5. The molecule has 2 atom stereocenters. The maximum Gasteiger partial charge on any atom is 0.305 e. The van der Waals surface area contributed by atoms with Gasteiger partial charge in [-0.1, -0.05) is 398 Å². The standard InChI is InChI=1S/C78H153NO5/c1-3-5-7-9-11-13-15-17-19-21-23-24-32-35-38-42-46-50-54-58-62-66-70-76(81)75(74-80)79-77(82)71-67-63-59-55-51-47-43-39-36-33-30-28-26-25-27-29-31-34-37-41-45-49-53-57-61-65-69-73-84-78(83)72-68-64-60-56-52-48-44-40-22-20-18-16-14-12-10-8-6-4-2/h25-26,75-76,80-81H,3-24,27-74H2,1-2H3,(H,79,82)/b26-25-. The van der Waals surface area contributed by atoms with Crippen molar-refractivity contribution >= 4 is 11.9 Å². The van der Waals surface area contributed by atoms with E-state index in [9.17, 15) is 19.8 Å². The fraction of sp³-hybridized carbons (Fsp3) is 0.949. The summed E-state index contributed by atoms with van der Waals surface area (Å²) in [4.78, 5) is 24.7. The lowest BCUT2D eigenvalue weighted by Gasteiger charge is -2.22. The average Bonchev–Trinajstić information content (AvgIpc) is 3.52. The lowest BCUT2D eigenvalue weighted by atomic mass is 10.0. The number of amides is 1. The molecule has 0 heterocycles. The van der Waals surface area contributed by atoms with E-state index in [0.29, 0.717) is 25.9 Å². The Morgan fingerprint density at radius 3 is 0.845 bits per heavy atom. The molecule has 0 aliphatic heterocycles. The third-order valence-corrected chi connectivity index (χ3v) is 18.6. The minimum atomic E-state index is -0.666. The predicted molar refractivity (Wildman–Crippen MR) is 370 cm³/mol. The van der Waals surface area contributed by atoms with Crippen LogP contribution in [0.25, 0.3) is 0 Å². The number of aliphatic hydroxyl groups excluding tert-OH is 2. The quantitative estimate of drug-likeness (QED) is 0.0320. The number of hydrogen-bond acceptors (Lipinski definition) is 5. The SMILES string of the molecule is CCCCCCCCCCCCCCCCCCCCCCCCC(O)C(CO)NC(=O)CCCCCCCCCCCCC/C=C\CCCCCCCCCCCCCCOC(=O)CCCCCCCCCCCCCCCCCCCC. The maximum atomic E-state index is 12.6. The van der Waals surface area contributed by atoms with Crippen molar-refractivity contribution in [1.82, 2.24) is 5.32 Å². The van der Waals surface area contributed by atoms with Gasteiger partial charge in [0.1, 0.15) is 0 Å². The average molecular weight is 1190 g/mol. The molecule has 2 unspecified atom stereocenters. The lowest BCUT2D eigenvalue weighted by molar-refractivity contribution is -0.143. The van der Waals surface area contributed by atoms with Crippen molar-refractivity contribution in [3.8, 4) is 0 Å². The second-order valence-corrected chi connectivity index (χ2v) is 27.0. The molecular formula is C78H153NO5. The van der Waals surface area contributed by atoms with Crippen molar-refractivity contribution in [2.24, 2.45) is 0 Å². The minimum absolute atomic E-state index is 0.0210. The van der Waals surface area contributed by atoms with Crippen LogP contribution in [-0.4, -0.2) is 47.4 Å². The number of carbonyl (C=O) groups is 2. The highest BCUT2D eigenvalue weighted by Crippen LogP contribution is 2.20. The zero-order valence-corrected chi connectivity index (χ0v) is 57.4. The summed E-state index contributed by atoms with van der Waals surface area (Å²) in [5.41, 5.74) is 0. The van der Waals surface area contributed by atoms with Gasteiger partial charge in [-0.3, -0.25) is 9.59 Å². The molecule has 0 rings (SSSR count). The second-order valence-electron chi connectivity index (χ2n) is 27.0. The Balaban J connectivity index is 3.36. The fourth-order valence-electron chi connectivity index (χ4n) is 12.6. The molecule has 0 bridgehead atoms. The molecule has 0 aliphatic carbocycles.